The lowest BCUT2D eigenvalue weighted by atomic mass is 10.1. The number of ether oxygens (including phenoxy) is 1. The van der Waals surface area contributed by atoms with Crippen LogP contribution in [0.2, 0.25) is 0 Å². The first-order chi connectivity index (χ1) is 12.7. The van der Waals surface area contributed by atoms with Crippen LogP contribution >= 0.6 is 0 Å². The minimum atomic E-state index is -0.214. The maximum absolute atomic E-state index is 12.0. The third kappa shape index (κ3) is 5.73. The Balaban J connectivity index is 1.39. The highest BCUT2D eigenvalue weighted by atomic mass is 16.5. The van der Waals surface area contributed by atoms with Crippen molar-refractivity contribution in [2.24, 2.45) is 0 Å². The van der Waals surface area contributed by atoms with Gasteiger partial charge in [0.1, 0.15) is 0 Å². The van der Waals surface area contributed by atoms with Gasteiger partial charge in [0.05, 0.1) is 19.1 Å². The monoisotopic (exact) mass is 359 g/mol. The number of anilines is 2. The molecular formula is C20H29N3O3. The average Bonchev–Trinajstić information content (AvgIpc) is 2.68. The van der Waals surface area contributed by atoms with Crippen LogP contribution in [-0.2, 0) is 14.3 Å². The fraction of sp³-hybridized carbons (Fsp3) is 0.600. The minimum Gasteiger partial charge on any atom is -0.378 e. The van der Waals surface area contributed by atoms with E-state index >= 15 is 0 Å². The largest absolute Gasteiger partial charge is 0.378 e. The van der Waals surface area contributed by atoms with Gasteiger partial charge < -0.3 is 20.3 Å². The molecule has 0 saturated carbocycles. The predicted octanol–water partition coefficient (Wildman–Crippen LogP) is 2.69. The Hall–Kier alpha value is -2.08. The first-order valence-corrected chi connectivity index (χ1v) is 9.74. The van der Waals surface area contributed by atoms with E-state index in [1.165, 1.54) is 24.9 Å². The van der Waals surface area contributed by atoms with E-state index in [1.54, 1.807) is 0 Å². The standard InChI is InChI=1S/C20H29N3O3/c24-19(14-18-6-2-5-13-26-18)21-15-20(25)22-16-7-9-17(10-8-16)23-11-3-1-4-12-23/h7-10,18H,1-6,11-15H2,(H,21,24)(H,22,25). The highest BCUT2D eigenvalue weighted by molar-refractivity contribution is 5.94. The minimum absolute atomic E-state index is 0.00542. The number of amides is 2. The molecule has 2 aliphatic heterocycles. The summed E-state index contributed by atoms with van der Waals surface area (Å²) in [5, 5.41) is 5.50. The van der Waals surface area contributed by atoms with E-state index in [2.05, 4.69) is 15.5 Å². The van der Waals surface area contributed by atoms with Crippen molar-refractivity contribution in [3.63, 3.8) is 0 Å². The second kappa shape index (κ2) is 9.57. The number of nitrogens with zero attached hydrogens (tertiary/aromatic N) is 1. The van der Waals surface area contributed by atoms with Gasteiger partial charge >= 0.3 is 0 Å². The summed E-state index contributed by atoms with van der Waals surface area (Å²) in [6.45, 7) is 2.91. The third-order valence-electron chi connectivity index (χ3n) is 5.01. The molecule has 0 bridgehead atoms. The van der Waals surface area contributed by atoms with Crippen molar-refractivity contribution in [3.8, 4) is 0 Å². The zero-order valence-electron chi connectivity index (χ0n) is 15.3. The van der Waals surface area contributed by atoms with Crippen LogP contribution in [0, 0.1) is 0 Å². The van der Waals surface area contributed by atoms with E-state index in [9.17, 15) is 9.59 Å². The van der Waals surface area contributed by atoms with Crippen molar-refractivity contribution in [1.29, 1.82) is 0 Å². The summed E-state index contributed by atoms with van der Waals surface area (Å²) in [7, 11) is 0. The van der Waals surface area contributed by atoms with Gasteiger partial charge in [0.25, 0.3) is 0 Å². The molecule has 26 heavy (non-hydrogen) atoms. The molecule has 0 radical (unpaired) electrons. The molecule has 1 unspecified atom stereocenters. The quantitative estimate of drug-likeness (QED) is 0.819. The molecule has 2 saturated heterocycles. The van der Waals surface area contributed by atoms with Gasteiger partial charge in [0.2, 0.25) is 11.8 Å². The third-order valence-corrected chi connectivity index (χ3v) is 5.01. The molecule has 6 nitrogen and oxygen atoms in total. The molecule has 2 heterocycles. The Morgan fingerprint density at radius 2 is 1.77 bits per heavy atom. The van der Waals surface area contributed by atoms with Crippen molar-refractivity contribution >= 4 is 23.2 Å². The molecule has 2 aliphatic rings. The molecule has 2 amide bonds. The summed E-state index contributed by atoms with van der Waals surface area (Å²) in [5.41, 5.74) is 1.95. The molecule has 3 rings (SSSR count). The number of piperidine rings is 1. The topological polar surface area (TPSA) is 70.7 Å². The number of hydrogen-bond acceptors (Lipinski definition) is 4. The number of carbonyl (C=O) groups excluding carboxylic acids is 2. The number of benzene rings is 1. The van der Waals surface area contributed by atoms with Crippen molar-refractivity contribution < 1.29 is 14.3 Å². The lowest BCUT2D eigenvalue weighted by Gasteiger charge is -2.28. The molecule has 1 aromatic rings. The smallest absolute Gasteiger partial charge is 0.243 e. The zero-order valence-corrected chi connectivity index (χ0v) is 15.3. The van der Waals surface area contributed by atoms with Crippen LogP contribution in [-0.4, -0.2) is 44.2 Å². The van der Waals surface area contributed by atoms with Gasteiger partial charge in [-0.2, -0.15) is 0 Å². The first-order valence-electron chi connectivity index (χ1n) is 9.74. The molecule has 1 atom stereocenters. The van der Waals surface area contributed by atoms with Crippen LogP contribution in [0.5, 0.6) is 0 Å². The second-order valence-corrected chi connectivity index (χ2v) is 7.11. The fourth-order valence-corrected chi connectivity index (χ4v) is 3.54. The van der Waals surface area contributed by atoms with Crippen LogP contribution in [0.25, 0.3) is 0 Å². The number of rotatable bonds is 6. The van der Waals surface area contributed by atoms with Gasteiger partial charge in [-0.05, 0) is 62.8 Å². The molecular weight excluding hydrogens is 330 g/mol. The Labute approximate surface area is 155 Å². The van der Waals surface area contributed by atoms with E-state index in [0.717, 1.165) is 44.6 Å². The maximum atomic E-state index is 12.0. The fourth-order valence-electron chi connectivity index (χ4n) is 3.54. The number of carbonyl (C=O) groups is 2. The lowest BCUT2D eigenvalue weighted by molar-refractivity contribution is -0.127. The molecule has 0 aromatic heterocycles. The molecule has 2 N–H and O–H groups in total. The van der Waals surface area contributed by atoms with Gasteiger partial charge in [-0.1, -0.05) is 0 Å². The van der Waals surface area contributed by atoms with E-state index in [1.807, 2.05) is 24.3 Å². The van der Waals surface area contributed by atoms with Crippen LogP contribution in [0.15, 0.2) is 24.3 Å². The van der Waals surface area contributed by atoms with Crippen LogP contribution in [0.3, 0.4) is 0 Å². The number of hydrogen-bond donors (Lipinski definition) is 2. The highest BCUT2D eigenvalue weighted by Gasteiger charge is 2.18. The van der Waals surface area contributed by atoms with Crippen LogP contribution < -0.4 is 15.5 Å². The van der Waals surface area contributed by atoms with E-state index in [0.29, 0.717) is 6.42 Å². The van der Waals surface area contributed by atoms with Crippen molar-refractivity contribution in [1.82, 2.24) is 5.32 Å². The Bertz CT molecular complexity index is 591. The van der Waals surface area contributed by atoms with Crippen LogP contribution in [0.1, 0.15) is 44.9 Å². The molecule has 0 aliphatic carbocycles. The van der Waals surface area contributed by atoms with Crippen LogP contribution in [0.4, 0.5) is 11.4 Å². The summed E-state index contributed by atoms with van der Waals surface area (Å²) in [4.78, 5) is 26.3. The molecule has 6 heteroatoms. The van der Waals surface area contributed by atoms with E-state index in [4.69, 9.17) is 4.74 Å². The summed E-state index contributed by atoms with van der Waals surface area (Å²) in [5.74, 6) is -0.346. The van der Waals surface area contributed by atoms with Crippen molar-refractivity contribution in [2.75, 3.05) is 36.5 Å². The zero-order chi connectivity index (χ0) is 18.2. The first kappa shape index (κ1) is 18.7. The normalized spacial score (nSPS) is 20.5. The van der Waals surface area contributed by atoms with Crippen molar-refractivity contribution in [2.45, 2.75) is 51.0 Å². The molecule has 1 aromatic carbocycles. The van der Waals surface area contributed by atoms with Gasteiger partial charge in [-0.15, -0.1) is 0 Å². The predicted molar refractivity (Wildman–Crippen MR) is 102 cm³/mol. The van der Waals surface area contributed by atoms with E-state index < -0.39 is 0 Å². The Morgan fingerprint density at radius 1 is 1.00 bits per heavy atom. The SMILES string of the molecule is O=C(CC1CCCCO1)NCC(=O)Nc1ccc(N2CCCCC2)cc1. The number of nitrogens with one attached hydrogen (secondary N) is 2. The Morgan fingerprint density at radius 3 is 2.46 bits per heavy atom. The van der Waals surface area contributed by atoms with Gasteiger partial charge in [-0.25, -0.2) is 0 Å². The molecule has 0 spiro atoms. The summed E-state index contributed by atoms with van der Waals surface area (Å²) < 4.78 is 5.55. The lowest BCUT2D eigenvalue weighted by Crippen LogP contribution is -2.35. The highest BCUT2D eigenvalue weighted by Crippen LogP contribution is 2.21. The Kier molecular flexibility index (Phi) is 6.89. The van der Waals surface area contributed by atoms with Crippen molar-refractivity contribution in [3.05, 3.63) is 24.3 Å². The average molecular weight is 359 g/mol. The maximum Gasteiger partial charge on any atom is 0.243 e. The molecule has 142 valence electrons. The summed E-state index contributed by atoms with van der Waals surface area (Å²) in [6.07, 6.45) is 7.20. The van der Waals surface area contributed by atoms with E-state index in [-0.39, 0.29) is 24.5 Å². The van der Waals surface area contributed by atoms with Gasteiger partial charge in [-0.3, -0.25) is 9.59 Å². The summed E-state index contributed by atoms with van der Waals surface area (Å²) >= 11 is 0. The summed E-state index contributed by atoms with van der Waals surface area (Å²) in [6, 6.07) is 7.92. The van der Waals surface area contributed by atoms with Gasteiger partial charge in [0.15, 0.2) is 0 Å². The van der Waals surface area contributed by atoms with Gasteiger partial charge in [0, 0.05) is 31.1 Å². The molecule has 2 fully saturated rings. The second-order valence-electron chi connectivity index (χ2n) is 7.11.